The lowest BCUT2D eigenvalue weighted by Gasteiger charge is -2.37. The minimum absolute atomic E-state index is 0.0613. The van der Waals surface area contributed by atoms with Crippen LogP contribution in [0.1, 0.15) is 0 Å². The van der Waals surface area contributed by atoms with Crippen molar-refractivity contribution in [2.75, 3.05) is 26.8 Å². The maximum absolute atomic E-state index is 12.3. The number of nitro groups is 1. The molecule has 8 nitrogen and oxygen atoms in total. The predicted molar refractivity (Wildman–Crippen MR) is 69.0 cm³/mol. The number of aliphatic hydroxyl groups excluding tert-OH is 1. The molecular formula is C11H14N2O6S. The van der Waals surface area contributed by atoms with Crippen LogP contribution < -0.4 is 4.74 Å². The molecule has 2 rings (SSSR count). The molecule has 20 heavy (non-hydrogen) atoms. The van der Waals surface area contributed by atoms with Crippen LogP contribution in [0.4, 0.5) is 5.69 Å². The molecule has 0 aromatic heterocycles. The van der Waals surface area contributed by atoms with Crippen molar-refractivity contribution in [2.45, 2.75) is 4.90 Å². The second-order valence-corrected chi connectivity index (χ2v) is 6.37. The third kappa shape index (κ3) is 2.47. The Hall–Kier alpha value is -1.71. The molecule has 0 radical (unpaired) electrons. The Bertz CT molecular complexity index is 624. The molecule has 1 aromatic carbocycles. The van der Waals surface area contributed by atoms with E-state index in [1.54, 1.807) is 0 Å². The van der Waals surface area contributed by atoms with Crippen LogP contribution in [-0.2, 0) is 10.0 Å². The number of rotatable bonds is 5. The van der Waals surface area contributed by atoms with E-state index in [1.807, 2.05) is 0 Å². The van der Waals surface area contributed by atoms with Gasteiger partial charge in [-0.05, 0) is 6.07 Å². The van der Waals surface area contributed by atoms with Crippen molar-refractivity contribution in [1.82, 2.24) is 4.31 Å². The number of sulfonamides is 1. The Kier molecular flexibility index (Phi) is 3.93. The van der Waals surface area contributed by atoms with E-state index < -0.39 is 14.9 Å². The van der Waals surface area contributed by atoms with Gasteiger partial charge in [0.2, 0.25) is 10.0 Å². The molecule has 0 spiro atoms. The summed E-state index contributed by atoms with van der Waals surface area (Å²) in [6.45, 7) is 0.404. The molecule has 1 aliphatic rings. The Labute approximate surface area is 115 Å². The van der Waals surface area contributed by atoms with Crippen molar-refractivity contribution >= 4 is 15.7 Å². The number of benzene rings is 1. The number of methoxy groups -OCH3 is 1. The van der Waals surface area contributed by atoms with Crippen molar-refractivity contribution in [3.05, 3.63) is 28.3 Å². The first-order valence-corrected chi connectivity index (χ1v) is 7.27. The molecule has 0 bridgehead atoms. The molecule has 1 heterocycles. The molecule has 0 unspecified atom stereocenters. The van der Waals surface area contributed by atoms with Crippen LogP contribution in [0.25, 0.3) is 0 Å². The van der Waals surface area contributed by atoms with Gasteiger partial charge in [-0.2, -0.15) is 4.31 Å². The van der Waals surface area contributed by atoms with Gasteiger partial charge in [0.05, 0.1) is 18.1 Å². The van der Waals surface area contributed by atoms with Gasteiger partial charge in [0.1, 0.15) is 10.6 Å². The molecule has 0 atom stereocenters. The van der Waals surface area contributed by atoms with Crippen LogP contribution in [-0.4, -0.2) is 49.6 Å². The molecule has 0 aliphatic carbocycles. The number of nitro benzene ring substituents is 1. The highest BCUT2D eigenvalue weighted by Gasteiger charge is 2.38. The molecule has 1 saturated heterocycles. The van der Waals surface area contributed by atoms with E-state index in [4.69, 9.17) is 9.84 Å². The summed E-state index contributed by atoms with van der Waals surface area (Å²) in [4.78, 5) is 9.95. The van der Waals surface area contributed by atoms with Crippen LogP contribution >= 0.6 is 0 Å². The average molecular weight is 302 g/mol. The Morgan fingerprint density at radius 1 is 1.50 bits per heavy atom. The summed E-state index contributed by atoms with van der Waals surface area (Å²) in [5.74, 6) is -0.125. The van der Waals surface area contributed by atoms with Gasteiger partial charge in [0.25, 0.3) is 5.69 Å². The van der Waals surface area contributed by atoms with Crippen LogP contribution in [0.2, 0.25) is 0 Å². The molecule has 0 amide bonds. The highest BCUT2D eigenvalue weighted by Crippen LogP contribution is 2.33. The normalized spacial score (nSPS) is 16.7. The summed E-state index contributed by atoms with van der Waals surface area (Å²) in [5, 5.41) is 19.6. The topological polar surface area (TPSA) is 110 Å². The summed E-state index contributed by atoms with van der Waals surface area (Å²) >= 11 is 0. The Morgan fingerprint density at radius 2 is 2.15 bits per heavy atom. The van der Waals surface area contributed by atoms with Gasteiger partial charge in [0, 0.05) is 31.7 Å². The van der Waals surface area contributed by atoms with E-state index in [9.17, 15) is 18.5 Å². The fourth-order valence-corrected chi connectivity index (χ4v) is 3.69. The third-order valence-corrected chi connectivity index (χ3v) is 5.03. The fourth-order valence-electron chi connectivity index (χ4n) is 1.96. The van der Waals surface area contributed by atoms with E-state index in [0.717, 1.165) is 12.1 Å². The first kappa shape index (κ1) is 14.7. The average Bonchev–Trinajstić information content (AvgIpc) is 2.36. The maximum Gasteiger partial charge on any atom is 0.273 e. The van der Waals surface area contributed by atoms with Gasteiger partial charge in [0.15, 0.2) is 0 Å². The van der Waals surface area contributed by atoms with Gasteiger partial charge in [-0.1, -0.05) is 0 Å². The van der Waals surface area contributed by atoms with Crippen molar-refractivity contribution in [3.63, 3.8) is 0 Å². The number of hydrogen-bond acceptors (Lipinski definition) is 6. The monoisotopic (exact) mass is 302 g/mol. The SMILES string of the molecule is COc1cc([N+](=O)[O-])ccc1S(=O)(=O)N1CC(CO)C1. The molecule has 0 saturated carbocycles. The highest BCUT2D eigenvalue weighted by molar-refractivity contribution is 7.89. The highest BCUT2D eigenvalue weighted by atomic mass is 32.2. The fraction of sp³-hybridized carbons (Fsp3) is 0.455. The van der Waals surface area contributed by atoms with Crippen molar-refractivity contribution in [2.24, 2.45) is 5.92 Å². The van der Waals surface area contributed by atoms with Crippen molar-refractivity contribution in [1.29, 1.82) is 0 Å². The van der Waals surface area contributed by atoms with Gasteiger partial charge in [-0.3, -0.25) is 10.1 Å². The van der Waals surface area contributed by atoms with Crippen LogP contribution in [0, 0.1) is 16.0 Å². The second-order valence-electron chi connectivity index (χ2n) is 4.46. The van der Waals surface area contributed by atoms with Gasteiger partial charge >= 0.3 is 0 Å². The summed E-state index contributed by atoms with van der Waals surface area (Å²) < 4.78 is 30.8. The number of aliphatic hydroxyl groups is 1. The van der Waals surface area contributed by atoms with Crippen LogP contribution in [0.3, 0.4) is 0 Å². The zero-order chi connectivity index (χ0) is 14.9. The Morgan fingerprint density at radius 3 is 2.65 bits per heavy atom. The van der Waals surface area contributed by atoms with E-state index in [1.165, 1.54) is 17.5 Å². The van der Waals surface area contributed by atoms with Gasteiger partial charge in [-0.25, -0.2) is 8.42 Å². The second kappa shape index (κ2) is 5.35. The zero-order valence-corrected chi connectivity index (χ0v) is 11.5. The standard InChI is InChI=1S/C11H14N2O6S/c1-19-10-4-9(13(15)16)2-3-11(10)20(17,18)12-5-8(6-12)7-14/h2-4,8,14H,5-7H2,1H3. The van der Waals surface area contributed by atoms with Gasteiger partial charge < -0.3 is 9.84 Å². The summed E-state index contributed by atoms with van der Waals surface area (Å²) in [5.41, 5.74) is -0.238. The summed E-state index contributed by atoms with van der Waals surface area (Å²) in [7, 11) is -2.50. The third-order valence-electron chi connectivity index (χ3n) is 3.16. The first-order valence-electron chi connectivity index (χ1n) is 5.83. The van der Waals surface area contributed by atoms with Crippen LogP contribution in [0.5, 0.6) is 5.75 Å². The molecular weight excluding hydrogens is 288 g/mol. The van der Waals surface area contributed by atoms with E-state index in [-0.39, 0.29) is 41.9 Å². The van der Waals surface area contributed by atoms with E-state index in [0.29, 0.717) is 0 Å². The Balaban J connectivity index is 2.35. The lowest BCUT2D eigenvalue weighted by Crippen LogP contribution is -2.51. The molecule has 1 aliphatic heterocycles. The van der Waals surface area contributed by atoms with Gasteiger partial charge in [-0.15, -0.1) is 0 Å². The van der Waals surface area contributed by atoms with E-state index in [2.05, 4.69) is 0 Å². The summed E-state index contributed by atoms with van der Waals surface area (Å²) in [6, 6.07) is 3.37. The lowest BCUT2D eigenvalue weighted by molar-refractivity contribution is -0.385. The smallest absolute Gasteiger partial charge is 0.273 e. The first-order chi connectivity index (χ1) is 9.40. The number of hydrogen-bond donors (Lipinski definition) is 1. The molecule has 1 fully saturated rings. The van der Waals surface area contributed by atoms with Crippen molar-refractivity contribution < 1.29 is 23.2 Å². The molecule has 110 valence electrons. The molecule has 9 heteroatoms. The molecule has 1 N–H and O–H groups in total. The lowest BCUT2D eigenvalue weighted by atomic mass is 10.1. The maximum atomic E-state index is 12.3. The summed E-state index contributed by atoms with van der Waals surface area (Å²) in [6.07, 6.45) is 0. The molecule has 1 aromatic rings. The minimum atomic E-state index is -3.76. The predicted octanol–water partition coefficient (Wildman–Crippen LogP) is 0.216. The van der Waals surface area contributed by atoms with Crippen LogP contribution in [0.15, 0.2) is 23.1 Å². The number of nitrogens with zero attached hydrogens (tertiary/aromatic N) is 2. The number of non-ortho nitro benzene ring substituents is 1. The quantitative estimate of drug-likeness (QED) is 0.615. The zero-order valence-electron chi connectivity index (χ0n) is 10.7. The largest absolute Gasteiger partial charge is 0.495 e. The number of ether oxygens (including phenoxy) is 1. The van der Waals surface area contributed by atoms with E-state index >= 15 is 0 Å². The minimum Gasteiger partial charge on any atom is -0.495 e. The van der Waals surface area contributed by atoms with Crippen molar-refractivity contribution in [3.8, 4) is 5.75 Å².